The summed E-state index contributed by atoms with van der Waals surface area (Å²) in [5.41, 5.74) is 1.70. The first-order valence-electron chi connectivity index (χ1n) is 13.2. The Kier molecular flexibility index (Phi) is 11.3. The zero-order valence-electron chi connectivity index (χ0n) is 22.7. The number of rotatable bonds is 14. The number of benzene rings is 2. The van der Waals surface area contributed by atoms with Crippen molar-refractivity contribution >= 4 is 38.9 Å². The van der Waals surface area contributed by atoms with Gasteiger partial charge in [-0.2, -0.15) is 8.42 Å². The van der Waals surface area contributed by atoms with Crippen molar-refractivity contribution in [2.45, 2.75) is 70.6 Å². The molecule has 0 saturated carbocycles. The standard InChI is InChI=1S/C29H38N2O5S2/c1-5-7-8-9-10-11-12-19-36-25-18-15-23(20-26(25)35-4)21-27-28(32)31(6-2)29(37-27)30-38(33,34)24-16-13-22(3)14-17-24/h13-18,20-21H,5-12,19H2,1-4H3/b27-21-,30-29+. The van der Waals surface area contributed by atoms with Gasteiger partial charge in [-0.25, -0.2) is 0 Å². The molecule has 0 N–H and O–H groups in total. The molecule has 0 unspecified atom stereocenters. The summed E-state index contributed by atoms with van der Waals surface area (Å²) in [5, 5.41) is 0.144. The number of methoxy groups -OCH3 is 1. The van der Waals surface area contributed by atoms with Gasteiger partial charge in [-0.05, 0) is 67.9 Å². The highest BCUT2D eigenvalue weighted by molar-refractivity contribution is 8.19. The lowest BCUT2D eigenvalue weighted by Gasteiger charge is -2.12. The molecule has 9 heteroatoms. The Bertz CT molecular complexity index is 1250. The second-order valence-electron chi connectivity index (χ2n) is 9.20. The van der Waals surface area contributed by atoms with E-state index in [1.807, 2.05) is 25.1 Å². The Hall–Kier alpha value is -2.78. The Labute approximate surface area is 231 Å². The second kappa shape index (κ2) is 14.4. The minimum absolute atomic E-state index is 0.0916. The highest BCUT2D eigenvalue weighted by Gasteiger charge is 2.34. The number of sulfonamides is 1. The van der Waals surface area contributed by atoms with Gasteiger partial charge in [0.15, 0.2) is 16.7 Å². The van der Waals surface area contributed by atoms with Gasteiger partial charge in [0.1, 0.15) is 0 Å². The zero-order valence-corrected chi connectivity index (χ0v) is 24.4. The van der Waals surface area contributed by atoms with E-state index in [4.69, 9.17) is 9.47 Å². The van der Waals surface area contributed by atoms with Crippen LogP contribution in [0.5, 0.6) is 11.5 Å². The van der Waals surface area contributed by atoms with Gasteiger partial charge < -0.3 is 9.47 Å². The summed E-state index contributed by atoms with van der Waals surface area (Å²) in [5.74, 6) is 0.960. The summed E-state index contributed by atoms with van der Waals surface area (Å²) in [6.07, 6.45) is 10.2. The number of unbranched alkanes of at least 4 members (excludes halogenated alkanes) is 6. The third kappa shape index (κ3) is 8.11. The number of nitrogens with zero attached hydrogens (tertiary/aromatic N) is 2. The van der Waals surface area contributed by atoms with Crippen LogP contribution < -0.4 is 9.47 Å². The third-order valence-electron chi connectivity index (χ3n) is 6.21. The number of amidine groups is 1. The molecule has 1 fully saturated rings. The molecule has 0 spiro atoms. The van der Waals surface area contributed by atoms with Crippen LogP contribution in [0.1, 0.15) is 69.9 Å². The number of carbonyl (C=O) groups is 1. The lowest BCUT2D eigenvalue weighted by atomic mass is 10.1. The first-order valence-corrected chi connectivity index (χ1v) is 15.5. The van der Waals surface area contributed by atoms with Gasteiger partial charge in [0, 0.05) is 6.54 Å². The average molecular weight is 559 g/mol. The number of hydrogen-bond acceptors (Lipinski definition) is 6. The van der Waals surface area contributed by atoms with Gasteiger partial charge in [0.25, 0.3) is 15.9 Å². The highest BCUT2D eigenvalue weighted by Crippen LogP contribution is 2.35. The number of thioether (sulfide) groups is 1. The van der Waals surface area contributed by atoms with Gasteiger partial charge in [0.2, 0.25) is 0 Å². The second-order valence-corrected chi connectivity index (χ2v) is 11.8. The fraction of sp³-hybridized carbons (Fsp3) is 0.448. The van der Waals surface area contributed by atoms with Crippen molar-refractivity contribution in [2.75, 3.05) is 20.3 Å². The summed E-state index contributed by atoms with van der Waals surface area (Å²) < 4.78 is 41.2. The molecule has 1 aliphatic heterocycles. The van der Waals surface area contributed by atoms with E-state index >= 15 is 0 Å². The molecule has 206 valence electrons. The Balaban J connectivity index is 1.69. The lowest BCUT2D eigenvalue weighted by molar-refractivity contribution is -0.122. The van der Waals surface area contributed by atoms with Crippen molar-refractivity contribution in [3.05, 3.63) is 58.5 Å². The monoisotopic (exact) mass is 558 g/mol. The van der Waals surface area contributed by atoms with Crippen molar-refractivity contribution in [1.29, 1.82) is 0 Å². The highest BCUT2D eigenvalue weighted by atomic mass is 32.2. The number of likely N-dealkylation sites (N-methyl/N-ethyl adjacent to an activating group) is 1. The minimum Gasteiger partial charge on any atom is -0.493 e. The molecule has 1 saturated heterocycles. The molecule has 3 rings (SSSR count). The van der Waals surface area contributed by atoms with Crippen molar-refractivity contribution in [2.24, 2.45) is 4.40 Å². The zero-order chi connectivity index (χ0) is 27.5. The van der Waals surface area contributed by atoms with Crippen LogP contribution in [0.25, 0.3) is 6.08 Å². The Morgan fingerprint density at radius 2 is 1.63 bits per heavy atom. The van der Waals surface area contributed by atoms with Crippen LogP contribution in [-0.2, 0) is 14.8 Å². The predicted octanol–water partition coefficient (Wildman–Crippen LogP) is 6.81. The fourth-order valence-electron chi connectivity index (χ4n) is 4.01. The van der Waals surface area contributed by atoms with Gasteiger partial charge in [-0.3, -0.25) is 9.69 Å². The molecule has 0 aliphatic carbocycles. The van der Waals surface area contributed by atoms with Crippen LogP contribution in [-0.4, -0.2) is 44.7 Å². The van der Waals surface area contributed by atoms with Crippen molar-refractivity contribution in [3.63, 3.8) is 0 Å². The molecule has 2 aromatic rings. The van der Waals surface area contributed by atoms with E-state index in [0.717, 1.165) is 35.7 Å². The molecule has 38 heavy (non-hydrogen) atoms. The maximum atomic E-state index is 13.0. The first kappa shape index (κ1) is 29.8. The Morgan fingerprint density at radius 3 is 2.29 bits per heavy atom. The van der Waals surface area contributed by atoms with Gasteiger partial charge in [-0.1, -0.05) is 69.2 Å². The van der Waals surface area contributed by atoms with Crippen molar-refractivity contribution in [1.82, 2.24) is 4.90 Å². The molecule has 0 bridgehead atoms. The lowest BCUT2D eigenvalue weighted by Crippen LogP contribution is -2.29. The molecule has 1 heterocycles. The largest absolute Gasteiger partial charge is 0.493 e. The summed E-state index contributed by atoms with van der Waals surface area (Å²) in [6, 6.07) is 12.0. The number of ether oxygens (including phenoxy) is 2. The molecule has 2 aromatic carbocycles. The van der Waals surface area contributed by atoms with Crippen LogP contribution in [0.15, 0.2) is 56.7 Å². The normalized spacial score (nSPS) is 16.0. The first-order chi connectivity index (χ1) is 18.3. The SMILES string of the molecule is CCCCCCCCCOc1ccc(/C=C2\S/C(=N/S(=O)(=O)c3ccc(C)cc3)N(CC)C2=O)cc1OC. The van der Waals surface area contributed by atoms with E-state index in [1.165, 1.54) is 49.1 Å². The van der Waals surface area contributed by atoms with Gasteiger partial charge in [-0.15, -0.1) is 4.40 Å². The van der Waals surface area contributed by atoms with E-state index < -0.39 is 10.0 Å². The van der Waals surface area contributed by atoms with E-state index in [1.54, 1.807) is 32.2 Å². The number of hydrogen-bond donors (Lipinski definition) is 0. The number of aryl methyl sites for hydroxylation is 1. The topological polar surface area (TPSA) is 85.3 Å². The van der Waals surface area contributed by atoms with Crippen LogP contribution >= 0.6 is 11.8 Å². The molecule has 1 aliphatic rings. The van der Waals surface area contributed by atoms with Gasteiger partial charge >= 0.3 is 0 Å². The number of amides is 1. The smallest absolute Gasteiger partial charge is 0.284 e. The van der Waals surface area contributed by atoms with Crippen molar-refractivity contribution in [3.8, 4) is 11.5 Å². The van der Waals surface area contributed by atoms with Crippen molar-refractivity contribution < 1.29 is 22.7 Å². The maximum absolute atomic E-state index is 13.0. The fourth-order valence-corrected chi connectivity index (χ4v) is 6.25. The summed E-state index contributed by atoms with van der Waals surface area (Å²) in [6.45, 7) is 6.82. The molecule has 0 radical (unpaired) electrons. The summed E-state index contributed by atoms with van der Waals surface area (Å²) in [7, 11) is -2.36. The summed E-state index contributed by atoms with van der Waals surface area (Å²) >= 11 is 1.05. The maximum Gasteiger partial charge on any atom is 0.284 e. The molecular weight excluding hydrogens is 520 g/mol. The molecule has 7 nitrogen and oxygen atoms in total. The molecule has 0 aromatic heterocycles. The van der Waals surface area contributed by atoms with E-state index in [2.05, 4.69) is 11.3 Å². The minimum atomic E-state index is -3.95. The molecule has 0 atom stereocenters. The Morgan fingerprint density at radius 1 is 0.947 bits per heavy atom. The average Bonchev–Trinajstić information content (AvgIpc) is 3.18. The van der Waals surface area contributed by atoms with Gasteiger partial charge in [0.05, 0.1) is 23.5 Å². The molecular formula is C29H38N2O5S2. The van der Waals surface area contributed by atoms with Crippen LogP contribution in [0, 0.1) is 6.92 Å². The van der Waals surface area contributed by atoms with E-state index in [9.17, 15) is 13.2 Å². The van der Waals surface area contributed by atoms with Crippen LogP contribution in [0.4, 0.5) is 0 Å². The van der Waals surface area contributed by atoms with E-state index in [-0.39, 0.29) is 16.0 Å². The number of carbonyl (C=O) groups excluding carboxylic acids is 1. The van der Waals surface area contributed by atoms with E-state index in [0.29, 0.717) is 29.6 Å². The van der Waals surface area contributed by atoms with Crippen LogP contribution in [0.2, 0.25) is 0 Å². The third-order valence-corrected chi connectivity index (χ3v) is 8.62. The molecule has 1 amide bonds. The summed E-state index contributed by atoms with van der Waals surface area (Å²) in [4.78, 5) is 14.9. The van der Waals surface area contributed by atoms with Crippen LogP contribution in [0.3, 0.4) is 0 Å². The predicted molar refractivity (Wildman–Crippen MR) is 155 cm³/mol. The quantitative estimate of drug-likeness (QED) is 0.187.